The van der Waals surface area contributed by atoms with Crippen molar-refractivity contribution in [3.8, 4) is 0 Å². The Hall–Kier alpha value is -0.290. The van der Waals surface area contributed by atoms with E-state index in [1.165, 1.54) is 0 Å². The van der Waals surface area contributed by atoms with Gasteiger partial charge >= 0.3 is 6.18 Å². The molecule has 0 aromatic rings. The van der Waals surface area contributed by atoms with Gasteiger partial charge in [-0.15, -0.1) is 0 Å². The summed E-state index contributed by atoms with van der Waals surface area (Å²) < 4.78 is 42.5. The fourth-order valence-electron chi connectivity index (χ4n) is 3.17. The Morgan fingerprint density at radius 3 is 2.53 bits per heavy atom. The molecule has 1 saturated heterocycles. The molecule has 1 aliphatic heterocycles. The molecule has 1 heterocycles. The van der Waals surface area contributed by atoms with Crippen molar-refractivity contribution < 1.29 is 23.0 Å². The number of alkyl halides is 3. The fraction of sp³-hybridized carbons (Fsp3) is 1.00. The molecule has 1 aliphatic carbocycles. The molecule has 1 N–H and O–H groups in total. The van der Waals surface area contributed by atoms with E-state index in [1.807, 2.05) is 0 Å². The van der Waals surface area contributed by atoms with Crippen molar-refractivity contribution in [3.63, 3.8) is 0 Å². The predicted molar refractivity (Wildman–Crippen MR) is 56.6 cm³/mol. The van der Waals surface area contributed by atoms with Crippen molar-refractivity contribution in [2.75, 3.05) is 6.61 Å². The zero-order valence-corrected chi connectivity index (χ0v) is 9.80. The molecule has 2 rings (SSSR count). The highest BCUT2D eigenvalue weighted by Gasteiger charge is 2.43. The smallest absolute Gasteiger partial charge is 0.391 e. The van der Waals surface area contributed by atoms with Gasteiger partial charge in [0.2, 0.25) is 0 Å². The van der Waals surface area contributed by atoms with Crippen LogP contribution in [0.5, 0.6) is 0 Å². The topological polar surface area (TPSA) is 29.5 Å². The standard InChI is InChI=1S/C12H19F3O2/c13-12(14,15)8-10(16)9-3-6-17-11(7-9)4-1-2-5-11/h9-10,16H,1-8H2. The van der Waals surface area contributed by atoms with Crippen LogP contribution in [0.15, 0.2) is 0 Å². The average Bonchev–Trinajstić information content (AvgIpc) is 2.64. The molecule has 2 fully saturated rings. The van der Waals surface area contributed by atoms with Crippen LogP contribution in [0.1, 0.15) is 44.9 Å². The second-order valence-corrected chi connectivity index (χ2v) is 5.38. The lowest BCUT2D eigenvalue weighted by Gasteiger charge is -2.40. The highest BCUT2D eigenvalue weighted by Crippen LogP contribution is 2.43. The van der Waals surface area contributed by atoms with Crippen LogP contribution in [0.4, 0.5) is 13.2 Å². The van der Waals surface area contributed by atoms with Crippen molar-refractivity contribution in [1.82, 2.24) is 0 Å². The van der Waals surface area contributed by atoms with E-state index in [9.17, 15) is 18.3 Å². The van der Waals surface area contributed by atoms with Gasteiger partial charge in [-0.1, -0.05) is 12.8 Å². The largest absolute Gasteiger partial charge is 0.392 e. The van der Waals surface area contributed by atoms with Crippen LogP contribution in [0, 0.1) is 5.92 Å². The molecule has 2 nitrogen and oxygen atoms in total. The summed E-state index contributed by atoms with van der Waals surface area (Å²) in [6.07, 6.45) is -1.47. The molecule has 1 saturated carbocycles. The minimum atomic E-state index is -4.28. The predicted octanol–water partition coefficient (Wildman–Crippen LogP) is 3.04. The van der Waals surface area contributed by atoms with Crippen molar-refractivity contribution in [1.29, 1.82) is 0 Å². The molecule has 0 amide bonds. The van der Waals surface area contributed by atoms with Gasteiger partial charge in [-0.2, -0.15) is 13.2 Å². The summed E-state index contributed by atoms with van der Waals surface area (Å²) in [4.78, 5) is 0. The van der Waals surface area contributed by atoms with E-state index in [0.717, 1.165) is 25.7 Å². The lowest BCUT2D eigenvalue weighted by Crippen LogP contribution is -2.42. The van der Waals surface area contributed by atoms with Gasteiger partial charge in [-0.3, -0.25) is 0 Å². The van der Waals surface area contributed by atoms with E-state index >= 15 is 0 Å². The average molecular weight is 252 g/mol. The fourth-order valence-corrected chi connectivity index (χ4v) is 3.17. The van der Waals surface area contributed by atoms with E-state index < -0.39 is 18.7 Å². The maximum absolute atomic E-state index is 12.2. The third-order valence-corrected chi connectivity index (χ3v) is 4.03. The Kier molecular flexibility index (Phi) is 3.69. The zero-order valence-electron chi connectivity index (χ0n) is 9.80. The molecular weight excluding hydrogens is 233 g/mol. The molecular formula is C12H19F3O2. The summed E-state index contributed by atoms with van der Waals surface area (Å²) in [5.74, 6) is -0.261. The van der Waals surface area contributed by atoms with Gasteiger partial charge in [0.15, 0.2) is 0 Å². The SMILES string of the molecule is OC(CC(F)(F)F)C1CCOC2(CCCC2)C1. The van der Waals surface area contributed by atoms with Crippen molar-refractivity contribution >= 4 is 0 Å². The van der Waals surface area contributed by atoms with E-state index in [2.05, 4.69) is 0 Å². The molecule has 17 heavy (non-hydrogen) atoms. The first-order valence-corrected chi connectivity index (χ1v) is 6.29. The van der Waals surface area contributed by atoms with Crippen molar-refractivity contribution in [2.45, 2.75) is 62.8 Å². The summed E-state index contributed by atoms with van der Waals surface area (Å²) in [5, 5.41) is 9.68. The van der Waals surface area contributed by atoms with Crippen molar-refractivity contribution in [2.24, 2.45) is 5.92 Å². The molecule has 0 radical (unpaired) electrons. The third-order valence-electron chi connectivity index (χ3n) is 4.03. The molecule has 5 heteroatoms. The monoisotopic (exact) mass is 252 g/mol. The van der Waals surface area contributed by atoms with Gasteiger partial charge in [0.05, 0.1) is 18.1 Å². The Labute approximate surface area is 99.1 Å². The first-order valence-electron chi connectivity index (χ1n) is 6.29. The van der Waals surface area contributed by atoms with Gasteiger partial charge in [-0.05, 0) is 31.6 Å². The second-order valence-electron chi connectivity index (χ2n) is 5.38. The third kappa shape index (κ3) is 3.35. The lowest BCUT2D eigenvalue weighted by molar-refractivity contribution is -0.173. The van der Waals surface area contributed by atoms with E-state index in [-0.39, 0.29) is 11.5 Å². The zero-order chi connectivity index (χ0) is 12.5. The van der Waals surface area contributed by atoms with Crippen LogP contribution in [0.25, 0.3) is 0 Å². The molecule has 0 aromatic heterocycles. The number of rotatable bonds is 2. The highest BCUT2D eigenvalue weighted by atomic mass is 19.4. The molecule has 2 unspecified atom stereocenters. The number of aliphatic hydroxyl groups excluding tert-OH is 1. The van der Waals surface area contributed by atoms with Crippen LogP contribution in [0.2, 0.25) is 0 Å². The van der Waals surface area contributed by atoms with Gasteiger partial charge in [0.25, 0.3) is 0 Å². The van der Waals surface area contributed by atoms with E-state index in [4.69, 9.17) is 4.74 Å². The molecule has 2 aliphatic rings. The quantitative estimate of drug-likeness (QED) is 0.818. The Balaban J connectivity index is 1.92. The summed E-state index contributed by atoms with van der Waals surface area (Å²) in [5.41, 5.74) is -0.227. The number of ether oxygens (including phenoxy) is 1. The summed E-state index contributed by atoms with van der Waals surface area (Å²) >= 11 is 0. The maximum Gasteiger partial charge on any atom is 0.391 e. The molecule has 0 aromatic carbocycles. The van der Waals surface area contributed by atoms with Crippen LogP contribution in [-0.2, 0) is 4.74 Å². The highest BCUT2D eigenvalue weighted by molar-refractivity contribution is 4.93. The molecule has 0 bridgehead atoms. The van der Waals surface area contributed by atoms with Gasteiger partial charge in [0, 0.05) is 6.61 Å². The number of hydrogen-bond donors (Lipinski definition) is 1. The molecule has 100 valence electrons. The normalized spacial score (nSPS) is 30.7. The Morgan fingerprint density at radius 2 is 1.94 bits per heavy atom. The second kappa shape index (κ2) is 4.76. The van der Waals surface area contributed by atoms with Crippen molar-refractivity contribution in [3.05, 3.63) is 0 Å². The minimum absolute atomic E-state index is 0.227. The van der Waals surface area contributed by atoms with Crippen LogP contribution < -0.4 is 0 Å². The summed E-state index contributed by atoms with van der Waals surface area (Å²) in [7, 11) is 0. The number of aliphatic hydroxyl groups is 1. The maximum atomic E-state index is 12.2. The minimum Gasteiger partial charge on any atom is -0.392 e. The molecule has 1 spiro atoms. The van der Waals surface area contributed by atoms with Crippen LogP contribution >= 0.6 is 0 Å². The Morgan fingerprint density at radius 1 is 1.29 bits per heavy atom. The van der Waals surface area contributed by atoms with E-state index in [1.54, 1.807) is 0 Å². The van der Waals surface area contributed by atoms with Crippen LogP contribution in [0.3, 0.4) is 0 Å². The molecule has 2 atom stereocenters. The lowest BCUT2D eigenvalue weighted by atomic mass is 9.81. The summed E-state index contributed by atoms with van der Waals surface area (Å²) in [6.45, 7) is 0.486. The number of hydrogen-bond acceptors (Lipinski definition) is 2. The number of halogens is 3. The first kappa shape index (κ1) is 13.1. The van der Waals surface area contributed by atoms with E-state index in [0.29, 0.717) is 19.4 Å². The van der Waals surface area contributed by atoms with Gasteiger partial charge in [0.1, 0.15) is 0 Å². The Bertz CT molecular complexity index is 259. The summed E-state index contributed by atoms with van der Waals surface area (Å²) in [6, 6.07) is 0. The first-order chi connectivity index (χ1) is 7.90. The van der Waals surface area contributed by atoms with Crippen LogP contribution in [-0.4, -0.2) is 29.6 Å². The van der Waals surface area contributed by atoms with Gasteiger partial charge < -0.3 is 9.84 Å². The van der Waals surface area contributed by atoms with Gasteiger partial charge in [-0.25, -0.2) is 0 Å².